The maximum absolute atomic E-state index is 13.4. The predicted molar refractivity (Wildman–Crippen MR) is 109 cm³/mol. The highest BCUT2D eigenvalue weighted by Crippen LogP contribution is 2.41. The summed E-state index contributed by atoms with van der Waals surface area (Å²) < 4.78 is 0. The molecule has 0 radical (unpaired) electrons. The van der Waals surface area contributed by atoms with Crippen LogP contribution in [0.25, 0.3) is 5.57 Å². The van der Waals surface area contributed by atoms with Crippen molar-refractivity contribution in [2.75, 3.05) is 11.4 Å². The maximum Gasteiger partial charge on any atom is 0.247 e. The van der Waals surface area contributed by atoms with Crippen molar-refractivity contribution >= 4 is 29.0 Å². The van der Waals surface area contributed by atoms with Crippen molar-refractivity contribution in [3.63, 3.8) is 0 Å². The van der Waals surface area contributed by atoms with E-state index in [2.05, 4.69) is 13.0 Å². The summed E-state index contributed by atoms with van der Waals surface area (Å²) in [5.74, 6) is -0.968. The van der Waals surface area contributed by atoms with Crippen LogP contribution in [0.15, 0.2) is 24.3 Å². The molecule has 1 aromatic carbocycles. The SMILES string of the molecule is CC1=CC(C)(C)N(C(=O)CN2C(=O)C3CCCCC3C2=O)c2cc(C)ccc21. The fourth-order valence-corrected chi connectivity index (χ4v) is 5.19. The third-order valence-electron chi connectivity index (χ3n) is 6.44. The van der Waals surface area contributed by atoms with Crippen molar-refractivity contribution in [3.8, 4) is 0 Å². The van der Waals surface area contributed by atoms with Crippen LogP contribution in [-0.2, 0) is 14.4 Å². The number of carbonyl (C=O) groups is 3. The van der Waals surface area contributed by atoms with E-state index in [1.807, 2.05) is 39.0 Å². The van der Waals surface area contributed by atoms with Gasteiger partial charge in [-0.2, -0.15) is 0 Å². The van der Waals surface area contributed by atoms with Crippen LogP contribution in [0.3, 0.4) is 0 Å². The summed E-state index contributed by atoms with van der Waals surface area (Å²) in [6.07, 6.45) is 5.57. The zero-order chi connectivity index (χ0) is 20.2. The number of amides is 3. The standard InChI is InChI=1S/C23H28N2O3/c1-14-9-10-16-15(2)12-23(3,4)25(19(16)11-14)20(26)13-24-21(27)17-7-5-6-8-18(17)22(24)28/h9-12,17-18H,5-8,13H2,1-4H3. The van der Waals surface area contributed by atoms with Crippen LogP contribution >= 0.6 is 0 Å². The van der Waals surface area contributed by atoms with Crippen LogP contribution < -0.4 is 4.90 Å². The van der Waals surface area contributed by atoms with Crippen LogP contribution in [0.2, 0.25) is 0 Å². The third kappa shape index (κ3) is 2.88. The smallest absolute Gasteiger partial charge is 0.247 e. The van der Waals surface area contributed by atoms with Crippen LogP contribution in [0, 0.1) is 18.8 Å². The Hall–Kier alpha value is -2.43. The first-order chi connectivity index (χ1) is 13.2. The Bertz CT molecular complexity index is 875. The molecule has 28 heavy (non-hydrogen) atoms. The van der Waals surface area contributed by atoms with Crippen molar-refractivity contribution in [2.45, 2.75) is 58.9 Å². The number of aryl methyl sites for hydroxylation is 1. The number of hydrogen-bond acceptors (Lipinski definition) is 3. The summed E-state index contributed by atoms with van der Waals surface area (Å²) >= 11 is 0. The summed E-state index contributed by atoms with van der Waals surface area (Å²) in [6, 6.07) is 6.08. The minimum Gasteiger partial charge on any atom is -0.301 e. The van der Waals surface area contributed by atoms with Gasteiger partial charge in [0.05, 0.1) is 23.1 Å². The van der Waals surface area contributed by atoms with Gasteiger partial charge in [-0.3, -0.25) is 19.3 Å². The highest BCUT2D eigenvalue weighted by molar-refractivity contribution is 6.10. The largest absolute Gasteiger partial charge is 0.301 e. The first-order valence-electron chi connectivity index (χ1n) is 10.2. The normalized spacial score (nSPS) is 26.1. The van der Waals surface area contributed by atoms with E-state index in [0.717, 1.165) is 48.1 Å². The molecule has 5 heteroatoms. The molecule has 0 spiro atoms. The number of nitrogens with zero attached hydrogens (tertiary/aromatic N) is 2. The minimum absolute atomic E-state index is 0.158. The van der Waals surface area contributed by atoms with Crippen LogP contribution in [0.1, 0.15) is 57.6 Å². The Morgan fingerprint density at radius 1 is 1.07 bits per heavy atom. The molecular weight excluding hydrogens is 352 g/mol. The van der Waals surface area contributed by atoms with Gasteiger partial charge in [0.15, 0.2) is 0 Å². The van der Waals surface area contributed by atoms with Crippen molar-refractivity contribution in [3.05, 3.63) is 35.4 Å². The molecule has 2 aliphatic heterocycles. The number of hydrogen-bond donors (Lipinski definition) is 0. The van der Waals surface area contributed by atoms with Crippen LogP contribution in [-0.4, -0.2) is 34.7 Å². The minimum atomic E-state index is -0.527. The second kappa shape index (κ2) is 6.57. The Kier molecular flexibility index (Phi) is 4.44. The van der Waals surface area contributed by atoms with Gasteiger partial charge in [-0.05, 0) is 57.7 Å². The molecule has 1 aliphatic carbocycles. The number of likely N-dealkylation sites (tertiary alicyclic amines) is 1. The van der Waals surface area contributed by atoms with Gasteiger partial charge in [0.25, 0.3) is 0 Å². The lowest BCUT2D eigenvalue weighted by atomic mass is 9.81. The molecular formula is C23H28N2O3. The fourth-order valence-electron chi connectivity index (χ4n) is 5.19. The Labute approximate surface area is 166 Å². The summed E-state index contributed by atoms with van der Waals surface area (Å²) in [4.78, 5) is 42.0. The van der Waals surface area contributed by atoms with E-state index >= 15 is 0 Å². The molecule has 5 nitrogen and oxygen atoms in total. The van der Waals surface area contributed by atoms with E-state index in [1.165, 1.54) is 4.90 Å². The number of anilines is 1. The maximum atomic E-state index is 13.4. The lowest BCUT2D eigenvalue weighted by Gasteiger charge is -2.42. The third-order valence-corrected chi connectivity index (χ3v) is 6.44. The lowest BCUT2D eigenvalue weighted by molar-refractivity contribution is -0.143. The molecule has 148 valence electrons. The van der Waals surface area contributed by atoms with Gasteiger partial charge in [-0.25, -0.2) is 0 Å². The fraction of sp³-hybridized carbons (Fsp3) is 0.522. The quantitative estimate of drug-likeness (QED) is 0.735. The van der Waals surface area contributed by atoms with E-state index < -0.39 is 5.54 Å². The van der Waals surface area contributed by atoms with Crippen molar-refractivity contribution < 1.29 is 14.4 Å². The van der Waals surface area contributed by atoms with Gasteiger partial charge in [0.1, 0.15) is 6.54 Å². The van der Waals surface area contributed by atoms with Crippen molar-refractivity contribution in [2.24, 2.45) is 11.8 Å². The molecule has 0 bridgehead atoms. The average molecular weight is 380 g/mol. The molecule has 0 aromatic heterocycles. The highest BCUT2D eigenvalue weighted by Gasteiger charge is 2.49. The highest BCUT2D eigenvalue weighted by atomic mass is 16.2. The van der Waals surface area contributed by atoms with Crippen LogP contribution in [0.4, 0.5) is 5.69 Å². The van der Waals surface area contributed by atoms with Gasteiger partial charge >= 0.3 is 0 Å². The van der Waals surface area contributed by atoms with Gasteiger partial charge in [0, 0.05) is 5.56 Å². The summed E-state index contributed by atoms with van der Waals surface area (Å²) in [5.41, 5.74) is 3.54. The molecule has 1 saturated carbocycles. The lowest BCUT2D eigenvalue weighted by Crippen LogP contribution is -2.53. The number of carbonyl (C=O) groups excluding carboxylic acids is 3. The van der Waals surface area contributed by atoms with Crippen molar-refractivity contribution in [1.82, 2.24) is 4.90 Å². The van der Waals surface area contributed by atoms with E-state index in [1.54, 1.807) is 4.90 Å². The first-order valence-corrected chi connectivity index (χ1v) is 10.2. The molecule has 4 rings (SSSR count). The average Bonchev–Trinajstić information content (AvgIpc) is 2.86. The first kappa shape index (κ1) is 18.9. The summed E-state index contributed by atoms with van der Waals surface area (Å²) in [6.45, 7) is 7.87. The number of allylic oxidation sites excluding steroid dienone is 1. The van der Waals surface area contributed by atoms with Gasteiger partial charge < -0.3 is 4.90 Å². The molecule has 0 N–H and O–H groups in total. The molecule has 2 fully saturated rings. The summed E-state index contributed by atoms with van der Waals surface area (Å²) in [5, 5.41) is 0. The molecule has 3 aliphatic rings. The topological polar surface area (TPSA) is 57.7 Å². The predicted octanol–water partition coefficient (Wildman–Crippen LogP) is 3.70. The second-order valence-corrected chi connectivity index (χ2v) is 8.99. The molecule has 2 unspecified atom stereocenters. The molecule has 3 amide bonds. The van der Waals surface area contributed by atoms with E-state index in [0.29, 0.717) is 0 Å². The number of benzene rings is 1. The Morgan fingerprint density at radius 2 is 1.68 bits per heavy atom. The van der Waals surface area contributed by atoms with Crippen LogP contribution in [0.5, 0.6) is 0 Å². The summed E-state index contributed by atoms with van der Waals surface area (Å²) in [7, 11) is 0. The van der Waals surface area contributed by atoms with E-state index in [9.17, 15) is 14.4 Å². The molecule has 1 aromatic rings. The molecule has 1 saturated heterocycles. The number of rotatable bonds is 2. The van der Waals surface area contributed by atoms with E-state index in [-0.39, 0.29) is 36.1 Å². The molecule has 2 heterocycles. The van der Waals surface area contributed by atoms with Gasteiger partial charge in [-0.15, -0.1) is 0 Å². The number of fused-ring (bicyclic) bond motifs is 2. The van der Waals surface area contributed by atoms with Gasteiger partial charge in [-0.1, -0.05) is 31.1 Å². The molecule has 2 atom stereocenters. The Balaban J connectivity index is 1.65. The van der Waals surface area contributed by atoms with Crippen molar-refractivity contribution in [1.29, 1.82) is 0 Å². The zero-order valence-electron chi connectivity index (χ0n) is 17.1. The van der Waals surface area contributed by atoms with Gasteiger partial charge in [0.2, 0.25) is 17.7 Å². The monoisotopic (exact) mass is 380 g/mol. The zero-order valence-corrected chi connectivity index (χ0v) is 17.1. The number of imide groups is 1. The second-order valence-electron chi connectivity index (χ2n) is 8.99. The van der Waals surface area contributed by atoms with E-state index in [4.69, 9.17) is 0 Å². The Morgan fingerprint density at radius 3 is 2.29 bits per heavy atom.